The van der Waals surface area contributed by atoms with Crippen molar-refractivity contribution in [1.82, 2.24) is 0 Å². The van der Waals surface area contributed by atoms with Crippen LogP contribution in [0.15, 0.2) is 24.3 Å². The zero-order valence-electron chi connectivity index (χ0n) is 28.7. The van der Waals surface area contributed by atoms with Gasteiger partial charge in [0.2, 0.25) is 0 Å². The second kappa shape index (κ2) is 21.0. The predicted octanol–water partition coefficient (Wildman–Crippen LogP) is 8.24. The minimum absolute atomic E-state index is 0.203. The van der Waals surface area contributed by atoms with Crippen LogP contribution >= 0.6 is 0 Å². The van der Waals surface area contributed by atoms with Crippen LogP contribution in [0.2, 0.25) is 8.87 Å². The number of hydrogen-bond acceptors (Lipinski definition) is 8. The number of carbonyl (C=O) groups excluding carboxylic acids is 4. The summed E-state index contributed by atoms with van der Waals surface area (Å²) in [6.07, 6.45) is 10.9. The second-order valence-corrected chi connectivity index (χ2v) is 23.5. The Morgan fingerprint density at radius 3 is 1.23 bits per heavy atom. The molecule has 0 bridgehead atoms. The Labute approximate surface area is 266 Å². The zero-order valence-corrected chi connectivity index (χ0v) is 31.6. The van der Waals surface area contributed by atoms with Crippen LogP contribution in [-0.2, 0) is 34.8 Å². The molecule has 0 aromatic carbocycles. The summed E-state index contributed by atoms with van der Waals surface area (Å²) >= 11 is -4.27. The molecule has 0 amide bonds. The summed E-state index contributed by atoms with van der Waals surface area (Å²) in [5.41, 5.74) is 0.405. The average molecular weight is 716 g/mol. The van der Waals surface area contributed by atoms with Crippen LogP contribution in [-0.4, -0.2) is 56.3 Å². The van der Waals surface area contributed by atoms with E-state index < -0.39 is 43.1 Å². The van der Waals surface area contributed by atoms with Crippen molar-refractivity contribution in [2.45, 2.75) is 129 Å². The molecule has 0 radical (unpaired) electrons. The molecule has 0 aliphatic rings. The minimum atomic E-state index is -4.27. The molecule has 0 aromatic heterocycles. The summed E-state index contributed by atoms with van der Waals surface area (Å²) in [6.45, 7) is 21.9. The van der Waals surface area contributed by atoms with Gasteiger partial charge in [-0.25, -0.2) is 0 Å². The molecule has 0 unspecified atom stereocenters. The summed E-state index contributed by atoms with van der Waals surface area (Å²) in [6, 6.07) is 0. The van der Waals surface area contributed by atoms with Gasteiger partial charge in [0.05, 0.1) is 0 Å². The van der Waals surface area contributed by atoms with E-state index in [0.29, 0.717) is 20.7 Å². The molecule has 0 aromatic rings. The van der Waals surface area contributed by atoms with Crippen molar-refractivity contribution in [3.63, 3.8) is 0 Å². The van der Waals surface area contributed by atoms with Crippen LogP contribution in [0.1, 0.15) is 121 Å². The van der Waals surface area contributed by atoms with Gasteiger partial charge in [0.1, 0.15) is 0 Å². The molecule has 2 atom stereocenters. The third-order valence-electron chi connectivity index (χ3n) is 6.74. The van der Waals surface area contributed by atoms with Gasteiger partial charge in [-0.15, -0.1) is 0 Å². The summed E-state index contributed by atoms with van der Waals surface area (Å²) in [5.74, 6) is -1.87. The standard InChI is InChI=1S/2C13H22O4.2C4H9.Sn/c2*1-10(9-13(2,3)4)7-8-17-12(16)6-5-11(14)15;2*1-3-4-2;/h2*5-6,10H,7-9H2,1-4H3,(H,14,15);2*1,3-4H2,2H3;/q;;;;+2/p-2/b2*6-5+;;;/t2*10-;;;/m10.../s1. The first-order chi connectivity index (χ1) is 19.9. The fourth-order valence-corrected chi connectivity index (χ4v) is 14.6. The van der Waals surface area contributed by atoms with Crippen molar-refractivity contribution >= 4 is 43.1 Å². The van der Waals surface area contributed by atoms with Crippen molar-refractivity contribution < 1.29 is 34.8 Å². The monoisotopic (exact) mass is 716 g/mol. The van der Waals surface area contributed by atoms with E-state index >= 15 is 0 Å². The van der Waals surface area contributed by atoms with Crippen molar-refractivity contribution in [2.24, 2.45) is 22.7 Å². The Hall–Kier alpha value is -1.84. The van der Waals surface area contributed by atoms with E-state index in [0.717, 1.165) is 75.7 Å². The molecular weight excluding hydrogens is 655 g/mol. The maximum atomic E-state index is 12.8. The first-order valence-electron chi connectivity index (χ1n) is 16.1. The van der Waals surface area contributed by atoms with Gasteiger partial charge < -0.3 is 0 Å². The van der Waals surface area contributed by atoms with Crippen LogP contribution in [0.25, 0.3) is 0 Å². The normalized spacial score (nSPS) is 14.0. The first kappa shape index (κ1) is 41.2. The molecule has 8 nitrogen and oxygen atoms in total. The molecule has 0 heterocycles. The molecule has 0 aliphatic carbocycles. The topological polar surface area (TPSA) is 105 Å². The molecule has 0 saturated carbocycles. The van der Waals surface area contributed by atoms with E-state index in [4.69, 9.17) is 15.6 Å². The Balaban J connectivity index is 5.19. The first-order valence-corrected chi connectivity index (χ1v) is 22.4. The van der Waals surface area contributed by atoms with E-state index in [1.807, 2.05) is 13.8 Å². The summed E-state index contributed by atoms with van der Waals surface area (Å²) in [7, 11) is 0. The van der Waals surface area contributed by atoms with E-state index in [2.05, 4.69) is 55.4 Å². The predicted molar refractivity (Wildman–Crippen MR) is 173 cm³/mol. The van der Waals surface area contributed by atoms with Gasteiger partial charge in [-0.3, -0.25) is 0 Å². The molecule has 43 heavy (non-hydrogen) atoms. The molecule has 0 rings (SSSR count). The molecule has 9 heteroatoms. The zero-order chi connectivity index (χ0) is 33.1. The van der Waals surface area contributed by atoms with Gasteiger partial charge in [-0.1, -0.05) is 0 Å². The van der Waals surface area contributed by atoms with Crippen molar-refractivity contribution in [3.8, 4) is 0 Å². The van der Waals surface area contributed by atoms with Crippen molar-refractivity contribution in [2.75, 3.05) is 13.2 Å². The molecule has 0 fully saturated rings. The van der Waals surface area contributed by atoms with Crippen LogP contribution in [0, 0.1) is 22.7 Å². The fraction of sp³-hybridized carbons (Fsp3) is 0.765. The Bertz CT molecular complexity index is 836. The second-order valence-electron chi connectivity index (χ2n) is 14.3. The van der Waals surface area contributed by atoms with Gasteiger partial charge in [0.25, 0.3) is 0 Å². The summed E-state index contributed by atoms with van der Waals surface area (Å²) in [5, 5.41) is 0. The van der Waals surface area contributed by atoms with Crippen LogP contribution < -0.4 is 0 Å². The van der Waals surface area contributed by atoms with Gasteiger partial charge >= 0.3 is 268 Å². The van der Waals surface area contributed by atoms with Gasteiger partial charge in [0, 0.05) is 0 Å². The van der Waals surface area contributed by atoms with Crippen molar-refractivity contribution in [3.05, 3.63) is 24.3 Å². The van der Waals surface area contributed by atoms with Crippen LogP contribution in [0.3, 0.4) is 0 Å². The Morgan fingerprint density at radius 1 is 0.605 bits per heavy atom. The fourth-order valence-electron chi connectivity index (χ4n) is 5.06. The molecule has 0 saturated heterocycles. The Kier molecular flexibility index (Phi) is 20.1. The van der Waals surface area contributed by atoms with E-state index in [1.54, 1.807) is 0 Å². The molecular formula is C34H60O8Sn. The third-order valence-corrected chi connectivity index (χ3v) is 16.4. The third kappa shape index (κ3) is 23.2. The van der Waals surface area contributed by atoms with E-state index in [1.165, 1.54) is 0 Å². The van der Waals surface area contributed by atoms with E-state index in [9.17, 15) is 19.2 Å². The van der Waals surface area contributed by atoms with Crippen LogP contribution in [0.4, 0.5) is 0 Å². The number of unbranched alkanes of at least 4 members (excludes halogenated alkanes) is 2. The van der Waals surface area contributed by atoms with Crippen LogP contribution in [0.5, 0.6) is 0 Å². The average Bonchev–Trinajstić information content (AvgIpc) is 2.86. The maximum absolute atomic E-state index is 12.8. The molecule has 0 aliphatic heterocycles. The summed E-state index contributed by atoms with van der Waals surface area (Å²) < 4.78 is 23.3. The van der Waals surface area contributed by atoms with E-state index in [-0.39, 0.29) is 24.0 Å². The van der Waals surface area contributed by atoms with Gasteiger partial charge in [-0.2, -0.15) is 0 Å². The van der Waals surface area contributed by atoms with Gasteiger partial charge in [-0.05, 0) is 0 Å². The number of carbonyl (C=O) groups is 4. The molecule has 248 valence electrons. The quantitative estimate of drug-likeness (QED) is 0.0706. The molecule has 0 N–H and O–H groups in total. The number of ether oxygens (including phenoxy) is 2. The van der Waals surface area contributed by atoms with Crippen molar-refractivity contribution in [1.29, 1.82) is 0 Å². The van der Waals surface area contributed by atoms with Gasteiger partial charge in [0.15, 0.2) is 0 Å². The summed E-state index contributed by atoms with van der Waals surface area (Å²) in [4.78, 5) is 49.9. The number of hydrogen-bond donors (Lipinski definition) is 0. The molecule has 0 spiro atoms. The number of esters is 2. The Morgan fingerprint density at radius 2 is 0.930 bits per heavy atom. The SMILES string of the molecule is CCC[CH2][Sn]([CH2]CCC)([O]C(=O)/C=C/C(=O)OCC[C@@H](C)CC(C)(C)C)[O]C(=O)/C=C/C(=O)OCC[C@H](C)CC(C)(C)C. The number of rotatable bonds is 20.